The van der Waals surface area contributed by atoms with E-state index in [1.165, 1.54) is 11.3 Å². The van der Waals surface area contributed by atoms with Crippen LogP contribution in [0.3, 0.4) is 0 Å². The van der Waals surface area contributed by atoms with Gasteiger partial charge < -0.3 is 10.4 Å². The van der Waals surface area contributed by atoms with E-state index in [-0.39, 0.29) is 18.6 Å². The molecule has 0 aliphatic rings. The van der Waals surface area contributed by atoms with E-state index in [0.717, 1.165) is 4.88 Å². The van der Waals surface area contributed by atoms with Gasteiger partial charge in [-0.2, -0.15) is 5.10 Å². The minimum absolute atomic E-state index is 0.0172. The number of thiophene rings is 1. The topological polar surface area (TPSA) is 67.2 Å². The van der Waals surface area contributed by atoms with Crippen molar-refractivity contribution in [3.05, 3.63) is 40.3 Å². The van der Waals surface area contributed by atoms with Crippen LogP contribution in [0.15, 0.2) is 30.6 Å². The van der Waals surface area contributed by atoms with Crippen LogP contribution in [-0.4, -0.2) is 33.4 Å². The van der Waals surface area contributed by atoms with Crippen LogP contribution in [0.4, 0.5) is 0 Å². The molecule has 0 bridgehead atoms. The number of carbonyl (C=O) groups is 1. The van der Waals surface area contributed by atoms with Crippen LogP contribution < -0.4 is 5.32 Å². The highest BCUT2D eigenvalue weighted by Crippen LogP contribution is 2.15. The van der Waals surface area contributed by atoms with Crippen molar-refractivity contribution >= 4 is 17.2 Å². The maximum atomic E-state index is 12.0. The zero-order chi connectivity index (χ0) is 14.4. The number of aromatic nitrogens is 2. The van der Waals surface area contributed by atoms with Gasteiger partial charge in [0.05, 0.1) is 16.3 Å². The Morgan fingerprint density at radius 3 is 3.15 bits per heavy atom. The third-order valence-electron chi connectivity index (χ3n) is 2.52. The molecule has 2 aromatic rings. The van der Waals surface area contributed by atoms with Gasteiger partial charge in [0.1, 0.15) is 6.61 Å². The van der Waals surface area contributed by atoms with Crippen molar-refractivity contribution in [2.45, 2.75) is 19.5 Å². The van der Waals surface area contributed by atoms with E-state index >= 15 is 0 Å². The Morgan fingerprint density at radius 2 is 2.45 bits per heavy atom. The number of nitrogens with zero attached hydrogens (tertiary/aromatic N) is 2. The zero-order valence-electron chi connectivity index (χ0n) is 11.0. The zero-order valence-corrected chi connectivity index (χ0v) is 11.9. The molecule has 2 N–H and O–H groups in total. The fourth-order valence-electron chi connectivity index (χ4n) is 1.68. The van der Waals surface area contributed by atoms with Gasteiger partial charge in [-0.05, 0) is 25.1 Å². The van der Waals surface area contributed by atoms with Gasteiger partial charge in [-0.1, -0.05) is 11.8 Å². The van der Waals surface area contributed by atoms with E-state index in [2.05, 4.69) is 22.3 Å². The SMILES string of the molecule is CC(Cn1cccn1)NC(=O)c1ccc(C#CCO)s1. The van der Waals surface area contributed by atoms with Crippen LogP contribution in [-0.2, 0) is 6.54 Å². The Bertz CT molecular complexity index is 622. The highest BCUT2D eigenvalue weighted by atomic mass is 32.1. The molecule has 0 spiro atoms. The summed E-state index contributed by atoms with van der Waals surface area (Å²) in [5.74, 6) is 5.22. The molecule has 0 radical (unpaired) electrons. The predicted octanol–water partition coefficient (Wildman–Crippen LogP) is 1.11. The molecule has 5 nitrogen and oxygen atoms in total. The van der Waals surface area contributed by atoms with Crippen molar-refractivity contribution in [1.82, 2.24) is 15.1 Å². The van der Waals surface area contributed by atoms with Crippen LogP contribution in [0.2, 0.25) is 0 Å². The molecule has 0 aromatic carbocycles. The number of amides is 1. The molecule has 1 atom stereocenters. The Labute approximate surface area is 121 Å². The first-order chi connectivity index (χ1) is 9.69. The van der Waals surface area contributed by atoms with Crippen molar-refractivity contribution < 1.29 is 9.90 Å². The second kappa shape index (κ2) is 6.89. The van der Waals surface area contributed by atoms with Gasteiger partial charge >= 0.3 is 0 Å². The lowest BCUT2D eigenvalue weighted by molar-refractivity contribution is 0.0940. The van der Waals surface area contributed by atoms with E-state index in [0.29, 0.717) is 11.4 Å². The second-order valence-corrected chi connectivity index (χ2v) is 5.31. The normalized spacial score (nSPS) is 11.5. The first-order valence-corrected chi connectivity index (χ1v) is 6.98. The largest absolute Gasteiger partial charge is 0.384 e. The van der Waals surface area contributed by atoms with Gasteiger partial charge in [0.15, 0.2) is 0 Å². The summed E-state index contributed by atoms with van der Waals surface area (Å²) >= 11 is 1.31. The highest BCUT2D eigenvalue weighted by molar-refractivity contribution is 7.14. The third kappa shape index (κ3) is 3.95. The smallest absolute Gasteiger partial charge is 0.261 e. The maximum absolute atomic E-state index is 12.0. The molecule has 0 saturated heterocycles. The predicted molar refractivity (Wildman–Crippen MR) is 77.4 cm³/mol. The number of rotatable bonds is 4. The molecule has 1 amide bonds. The lowest BCUT2D eigenvalue weighted by Gasteiger charge is -2.13. The number of carbonyl (C=O) groups excluding carboxylic acids is 1. The van der Waals surface area contributed by atoms with Gasteiger partial charge in [0.2, 0.25) is 0 Å². The Hall–Kier alpha value is -2.10. The number of aliphatic hydroxyl groups excluding tert-OH is 1. The van der Waals surface area contributed by atoms with E-state index in [1.807, 2.05) is 19.2 Å². The summed E-state index contributed by atoms with van der Waals surface area (Å²) in [6.07, 6.45) is 3.57. The Morgan fingerprint density at radius 1 is 1.60 bits per heavy atom. The molecule has 0 saturated carbocycles. The first kappa shape index (κ1) is 14.3. The minimum atomic E-state index is -0.180. The van der Waals surface area contributed by atoms with Crippen molar-refractivity contribution in [1.29, 1.82) is 0 Å². The summed E-state index contributed by atoms with van der Waals surface area (Å²) in [5, 5.41) is 15.6. The van der Waals surface area contributed by atoms with Crippen LogP contribution >= 0.6 is 11.3 Å². The van der Waals surface area contributed by atoms with Gasteiger partial charge in [-0.3, -0.25) is 9.48 Å². The summed E-state index contributed by atoms with van der Waals surface area (Å²) in [6, 6.07) is 5.35. The first-order valence-electron chi connectivity index (χ1n) is 6.17. The van der Waals surface area contributed by atoms with Crippen molar-refractivity contribution in [2.24, 2.45) is 0 Å². The summed E-state index contributed by atoms with van der Waals surface area (Å²) in [4.78, 5) is 13.4. The fourth-order valence-corrected chi connectivity index (χ4v) is 2.47. The van der Waals surface area contributed by atoms with Crippen molar-refractivity contribution in [3.63, 3.8) is 0 Å². The van der Waals surface area contributed by atoms with Gasteiger partial charge in [0.25, 0.3) is 5.91 Å². The standard InChI is InChI=1S/C14H15N3O2S/c1-11(10-17-8-3-7-15-17)16-14(19)13-6-5-12(20-13)4-2-9-18/h3,5-8,11,18H,9-10H2,1H3,(H,16,19). The average Bonchev–Trinajstić information content (AvgIpc) is 3.07. The molecule has 0 aliphatic carbocycles. The summed E-state index contributed by atoms with van der Waals surface area (Å²) in [5.41, 5.74) is 0. The molecule has 0 fully saturated rings. The summed E-state index contributed by atoms with van der Waals surface area (Å²) < 4.78 is 1.78. The molecule has 20 heavy (non-hydrogen) atoms. The van der Waals surface area contributed by atoms with Gasteiger partial charge in [-0.25, -0.2) is 0 Å². The van der Waals surface area contributed by atoms with E-state index in [9.17, 15) is 4.79 Å². The van der Waals surface area contributed by atoms with Crippen molar-refractivity contribution in [2.75, 3.05) is 6.61 Å². The average molecular weight is 289 g/mol. The van der Waals surface area contributed by atoms with E-state index in [1.54, 1.807) is 23.0 Å². The van der Waals surface area contributed by atoms with Crippen LogP contribution in [0.1, 0.15) is 21.5 Å². The van der Waals surface area contributed by atoms with Crippen LogP contribution in [0, 0.1) is 11.8 Å². The molecular formula is C14H15N3O2S. The number of aliphatic hydroxyl groups is 1. The minimum Gasteiger partial charge on any atom is -0.384 e. The Balaban J connectivity index is 1.92. The quantitative estimate of drug-likeness (QED) is 0.829. The second-order valence-electron chi connectivity index (χ2n) is 4.23. The van der Waals surface area contributed by atoms with E-state index < -0.39 is 0 Å². The summed E-state index contributed by atoms with van der Waals surface area (Å²) in [7, 11) is 0. The molecule has 104 valence electrons. The van der Waals surface area contributed by atoms with Crippen LogP contribution in [0.5, 0.6) is 0 Å². The molecule has 2 heterocycles. The molecule has 0 aliphatic heterocycles. The van der Waals surface area contributed by atoms with Gasteiger partial charge in [0, 0.05) is 18.4 Å². The fraction of sp³-hybridized carbons (Fsp3) is 0.286. The molecule has 2 rings (SSSR count). The molecule has 2 aromatic heterocycles. The van der Waals surface area contributed by atoms with Crippen LogP contribution in [0.25, 0.3) is 0 Å². The number of hydrogen-bond donors (Lipinski definition) is 2. The van der Waals surface area contributed by atoms with Crippen molar-refractivity contribution in [3.8, 4) is 11.8 Å². The molecule has 6 heteroatoms. The third-order valence-corrected chi connectivity index (χ3v) is 3.52. The monoisotopic (exact) mass is 289 g/mol. The number of hydrogen-bond acceptors (Lipinski definition) is 4. The maximum Gasteiger partial charge on any atom is 0.261 e. The van der Waals surface area contributed by atoms with Gasteiger partial charge in [-0.15, -0.1) is 11.3 Å². The lowest BCUT2D eigenvalue weighted by Crippen LogP contribution is -2.35. The lowest BCUT2D eigenvalue weighted by atomic mass is 10.3. The molecule has 1 unspecified atom stereocenters. The van der Waals surface area contributed by atoms with E-state index in [4.69, 9.17) is 5.11 Å². The highest BCUT2D eigenvalue weighted by Gasteiger charge is 2.12. The Kier molecular flexibility index (Phi) is 4.93. The number of nitrogens with one attached hydrogen (secondary N) is 1. The molecular weight excluding hydrogens is 274 g/mol. The summed E-state index contributed by atoms with van der Waals surface area (Å²) in [6.45, 7) is 2.38.